The molecule has 2 aromatic rings. The topological polar surface area (TPSA) is 0 Å². The lowest BCUT2D eigenvalue weighted by Crippen LogP contribution is -1.93. The van der Waals surface area contributed by atoms with Crippen molar-refractivity contribution in [1.29, 1.82) is 0 Å². The lowest BCUT2D eigenvalue weighted by atomic mass is 10.0. The van der Waals surface area contributed by atoms with Gasteiger partial charge in [0.05, 0.1) is 6.07 Å². The van der Waals surface area contributed by atoms with Gasteiger partial charge in [0.25, 0.3) is 0 Å². The molecule has 0 amide bonds. The molecule has 0 nitrogen and oxygen atoms in total. The van der Waals surface area contributed by atoms with Gasteiger partial charge in [0.1, 0.15) is 5.82 Å². The highest BCUT2D eigenvalue weighted by atomic mass is 79.9. The molecular formula is C12H4BrClF3. The van der Waals surface area contributed by atoms with E-state index < -0.39 is 17.5 Å². The van der Waals surface area contributed by atoms with Gasteiger partial charge in [0.15, 0.2) is 11.6 Å². The zero-order chi connectivity index (χ0) is 12.6. The summed E-state index contributed by atoms with van der Waals surface area (Å²) in [5.41, 5.74) is 0.0786. The quantitative estimate of drug-likeness (QED) is 0.650. The van der Waals surface area contributed by atoms with Crippen LogP contribution in [0.2, 0.25) is 5.02 Å². The Morgan fingerprint density at radius 2 is 1.76 bits per heavy atom. The van der Waals surface area contributed by atoms with E-state index in [1.807, 2.05) is 0 Å². The van der Waals surface area contributed by atoms with Crippen molar-refractivity contribution in [2.75, 3.05) is 0 Å². The van der Waals surface area contributed by atoms with Gasteiger partial charge < -0.3 is 0 Å². The molecule has 0 fully saturated rings. The molecule has 0 atom stereocenters. The van der Waals surface area contributed by atoms with Crippen LogP contribution in [-0.2, 0) is 0 Å². The highest BCUT2D eigenvalue weighted by molar-refractivity contribution is 9.10. The van der Waals surface area contributed by atoms with Gasteiger partial charge in [-0.1, -0.05) is 27.5 Å². The smallest absolute Gasteiger partial charge is 0.170 e. The van der Waals surface area contributed by atoms with Crippen molar-refractivity contribution >= 4 is 27.5 Å². The Morgan fingerprint density at radius 1 is 1.06 bits per heavy atom. The minimum absolute atomic E-state index is 0.201. The summed E-state index contributed by atoms with van der Waals surface area (Å²) in [6, 6.07) is 7.07. The predicted octanol–water partition coefficient (Wildman–Crippen LogP) is 4.99. The summed E-state index contributed by atoms with van der Waals surface area (Å²) in [7, 11) is 0. The third kappa shape index (κ3) is 2.48. The lowest BCUT2D eigenvalue weighted by molar-refractivity contribution is 0.495. The van der Waals surface area contributed by atoms with E-state index in [9.17, 15) is 13.2 Å². The van der Waals surface area contributed by atoms with Gasteiger partial charge in [-0.3, -0.25) is 0 Å². The molecular weight excluding hydrogens is 316 g/mol. The van der Waals surface area contributed by atoms with Crippen molar-refractivity contribution in [2.24, 2.45) is 0 Å². The van der Waals surface area contributed by atoms with Gasteiger partial charge in [-0.05, 0) is 24.3 Å². The largest absolute Gasteiger partial charge is 0.206 e. The van der Waals surface area contributed by atoms with E-state index >= 15 is 0 Å². The SMILES string of the molecule is Fc1[c]c(F)c(F)c(-c2cc(Cl)ccc2Br)c1. The molecule has 0 unspecified atom stereocenters. The van der Waals surface area contributed by atoms with E-state index in [1.54, 1.807) is 18.2 Å². The van der Waals surface area contributed by atoms with E-state index in [1.165, 1.54) is 6.07 Å². The maximum atomic E-state index is 13.5. The van der Waals surface area contributed by atoms with Crippen LogP contribution in [0.1, 0.15) is 0 Å². The average Bonchev–Trinajstić information content (AvgIpc) is 2.27. The molecule has 0 aliphatic carbocycles. The summed E-state index contributed by atoms with van der Waals surface area (Å²) in [5.74, 6) is -3.48. The summed E-state index contributed by atoms with van der Waals surface area (Å²) in [6.45, 7) is 0. The molecule has 0 bridgehead atoms. The van der Waals surface area contributed by atoms with Crippen molar-refractivity contribution in [3.8, 4) is 11.1 Å². The Hall–Kier alpha value is -1.000. The van der Waals surface area contributed by atoms with Crippen molar-refractivity contribution in [2.45, 2.75) is 0 Å². The number of benzene rings is 2. The maximum absolute atomic E-state index is 13.5. The van der Waals surface area contributed by atoms with Crippen LogP contribution in [-0.4, -0.2) is 0 Å². The van der Waals surface area contributed by atoms with Crippen LogP contribution in [0.4, 0.5) is 13.2 Å². The Bertz CT molecular complexity index is 584. The van der Waals surface area contributed by atoms with Crippen molar-refractivity contribution in [1.82, 2.24) is 0 Å². The van der Waals surface area contributed by atoms with Gasteiger partial charge in [0.2, 0.25) is 0 Å². The van der Waals surface area contributed by atoms with Crippen LogP contribution >= 0.6 is 27.5 Å². The number of rotatable bonds is 1. The molecule has 0 saturated carbocycles. The normalized spacial score (nSPS) is 10.6. The third-order valence-electron chi connectivity index (χ3n) is 2.15. The fraction of sp³-hybridized carbons (Fsp3) is 0. The molecule has 0 aromatic heterocycles. The monoisotopic (exact) mass is 319 g/mol. The van der Waals surface area contributed by atoms with Crippen LogP contribution in [0.15, 0.2) is 28.7 Å². The molecule has 17 heavy (non-hydrogen) atoms. The first kappa shape index (κ1) is 12.5. The highest BCUT2D eigenvalue weighted by Crippen LogP contribution is 2.33. The van der Waals surface area contributed by atoms with E-state index in [0.29, 0.717) is 9.50 Å². The summed E-state index contributed by atoms with van der Waals surface area (Å²) in [4.78, 5) is 0. The second-order valence-corrected chi connectivity index (χ2v) is 4.57. The summed E-state index contributed by atoms with van der Waals surface area (Å²) >= 11 is 8.93. The molecule has 2 rings (SSSR count). The minimum Gasteiger partial charge on any atom is -0.206 e. The van der Waals surface area contributed by atoms with Gasteiger partial charge in [-0.2, -0.15) is 0 Å². The average molecular weight is 321 g/mol. The maximum Gasteiger partial charge on any atom is 0.170 e. The molecule has 0 spiro atoms. The van der Waals surface area contributed by atoms with Crippen molar-refractivity contribution in [3.05, 3.63) is 57.3 Å². The van der Waals surface area contributed by atoms with E-state index in [0.717, 1.165) is 6.07 Å². The summed E-state index contributed by atoms with van der Waals surface area (Å²) in [6.07, 6.45) is 0. The Morgan fingerprint density at radius 3 is 2.47 bits per heavy atom. The molecule has 2 aromatic carbocycles. The molecule has 0 heterocycles. The second kappa shape index (κ2) is 4.70. The first-order valence-corrected chi connectivity index (χ1v) is 5.68. The fourth-order valence-corrected chi connectivity index (χ4v) is 2.04. The van der Waals surface area contributed by atoms with E-state index in [4.69, 9.17) is 11.6 Å². The standard InChI is InChI=1S/C12H4BrClF3/c13-10-2-1-6(14)3-8(10)9-4-7(15)5-11(16)12(9)17/h1-4H. The van der Waals surface area contributed by atoms with Crippen LogP contribution in [0.5, 0.6) is 0 Å². The Balaban J connectivity index is 2.72. The Labute approximate surface area is 109 Å². The van der Waals surface area contributed by atoms with Gasteiger partial charge in [-0.15, -0.1) is 0 Å². The van der Waals surface area contributed by atoms with Crippen LogP contribution in [0.25, 0.3) is 11.1 Å². The molecule has 0 aliphatic heterocycles. The highest BCUT2D eigenvalue weighted by Gasteiger charge is 2.15. The molecule has 87 valence electrons. The first-order valence-electron chi connectivity index (χ1n) is 4.51. The van der Waals surface area contributed by atoms with Crippen LogP contribution in [0.3, 0.4) is 0 Å². The van der Waals surface area contributed by atoms with Gasteiger partial charge in [0, 0.05) is 20.6 Å². The lowest BCUT2D eigenvalue weighted by Gasteiger charge is -2.07. The number of hydrogen-bond donors (Lipinski definition) is 0. The predicted molar refractivity (Wildman–Crippen MR) is 63.3 cm³/mol. The molecule has 5 heteroatoms. The molecule has 0 aliphatic rings. The number of halogens is 5. The van der Waals surface area contributed by atoms with Gasteiger partial charge >= 0.3 is 0 Å². The van der Waals surface area contributed by atoms with E-state index in [-0.39, 0.29) is 11.1 Å². The molecule has 0 saturated heterocycles. The molecule has 1 radical (unpaired) electrons. The number of hydrogen-bond acceptors (Lipinski definition) is 0. The summed E-state index contributed by atoms with van der Waals surface area (Å²) < 4.78 is 40.1. The van der Waals surface area contributed by atoms with Gasteiger partial charge in [-0.25, -0.2) is 13.2 Å². The van der Waals surface area contributed by atoms with Crippen molar-refractivity contribution < 1.29 is 13.2 Å². The second-order valence-electron chi connectivity index (χ2n) is 3.28. The van der Waals surface area contributed by atoms with Crippen LogP contribution in [0, 0.1) is 23.5 Å². The molecule has 0 N–H and O–H groups in total. The zero-order valence-electron chi connectivity index (χ0n) is 8.20. The zero-order valence-corrected chi connectivity index (χ0v) is 10.5. The third-order valence-corrected chi connectivity index (χ3v) is 3.07. The first-order chi connectivity index (χ1) is 7.99. The van der Waals surface area contributed by atoms with Crippen LogP contribution < -0.4 is 0 Å². The fourth-order valence-electron chi connectivity index (χ4n) is 1.40. The Kier molecular flexibility index (Phi) is 3.45. The minimum atomic E-state index is -1.35. The summed E-state index contributed by atoms with van der Waals surface area (Å²) in [5, 5.41) is 0.344. The van der Waals surface area contributed by atoms with Crippen molar-refractivity contribution in [3.63, 3.8) is 0 Å². The van der Waals surface area contributed by atoms with E-state index in [2.05, 4.69) is 15.9 Å².